The molecule has 1 fully saturated rings. The normalized spacial score (nSPS) is 18.4. The minimum atomic E-state index is -0.785. The lowest BCUT2D eigenvalue weighted by Gasteiger charge is -2.35. The van der Waals surface area contributed by atoms with E-state index in [1.165, 1.54) is 25.0 Å². The topological polar surface area (TPSA) is 81.9 Å². The van der Waals surface area contributed by atoms with Crippen LogP contribution in [-0.4, -0.2) is 43.8 Å². The van der Waals surface area contributed by atoms with Crippen molar-refractivity contribution < 1.29 is 23.6 Å². The van der Waals surface area contributed by atoms with Crippen molar-refractivity contribution in [1.29, 1.82) is 0 Å². The zero-order valence-electron chi connectivity index (χ0n) is 11.7. The van der Waals surface area contributed by atoms with Crippen LogP contribution in [0.15, 0.2) is 12.1 Å². The maximum atomic E-state index is 13.6. The lowest BCUT2D eigenvalue weighted by atomic mass is 10.1. The number of nitrogens with zero attached hydrogens (tertiary/aromatic N) is 2. The molecule has 7 nitrogen and oxygen atoms in total. The smallest absolute Gasteiger partial charge is 0.330 e. The maximum Gasteiger partial charge on any atom is 0.330 e. The molecule has 0 N–H and O–H groups in total. The summed E-state index contributed by atoms with van der Waals surface area (Å²) in [5, 5.41) is 11.1. The van der Waals surface area contributed by atoms with Crippen LogP contribution >= 0.6 is 0 Å². The summed E-state index contributed by atoms with van der Waals surface area (Å²) in [5.41, 5.74) is 0.0808. The molecular weight excluding hydrogens is 283 g/mol. The van der Waals surface area contributed by atoms with Gasteiger partial charge in [0, 0.05) is 6.54 Å². The first-order chi connectivity index (χ1) is 9.95. The molecule has 2 rings (SSSR count). The zero-order chi connectivity index (χ0) is 15.6. The van der Waals surface area contributed by atoms with E-state index in [-0.39, 0.29) is 30.1 Å². The summed E-state index contributed by atoms with van der Waals surface area (Å²) in [5.74, 6) is -1.21. The average Bonchev–Trinajstić information content (AvgIpc) is 2.48. The number of hydrogen-bond donors (Lipinski definition) is 0. The minimum Gasteiger partial charge on any atom is -0.467 e. The Morgan fingerprint density at radius 3 is 2.90 bits per heavy atom. The van der Waals surface area contributed by atoms with E-state index >= 15 is 0 Å². The fourth-order valence-electron chi connectivity index (χ4n) is 2.26. The Hall–Kier alpha value is -2.22. The SMILES string of the molecule is COC(=O)C1COCCN1c1cc(C)c(F)cc1[N+](=O)[O-]. The van der Waals surface area contributed by atoms with E-state index < -0.39 is 22.8 Å². The van der Waals surface area contributed by atoms with Crippen LogP contribution < -0.4 is 4.90 Å². The zero-order valence-corrected chi connectivity index (χ0v) is 11.7. The standard InChI is InChI=1S/C13H15FN2O5/c1-8-5-10(11(16(18)19)6-9(8)14)15-3-4-21-7-12(15)13(17)20-2/h5-6,12H,3-4,7H2,1-2H3. The number of nitro benzene ring substituents is 1. The van der Waals surface area contributed by atoms with Gasteiger partial charge in [-0.2, -0.15) is 0 Å². The molecule has 0 spiro atoms. The van der Waals surface area contributed by atoms with E-state index in [2.05, 4.69) is 0 Å². The Balaban J connectivity index is 2.49. The molecule has 21 heavy (non-hydrogen) atoms. The van der Waals surface area contributed by atoms with E-state index in [9.17, 15) is 19.3 Å². The number of halogens is 1. The highest BCUT2D eigenvalue weighted by atomic mass is 19.1. The molecule has 1 unspecified atom stereocenters. The van der Waals surface area contributed by atoms with Gasteiger partial charge in [0.15, 0.2) is 6.04 Å². The van der Waals surface area contributed by atoms with Gasteiger partial charge in [-0.05, 0) is 18.6 Å². The number of nitro groups is 1. The molecular formula is C13H15FN2O5. The Morgan fingerprint density at radius 1 is 1.57 bits per heavy atom. The number of methoxy groups -OCH3 is 1. The number of rotatable bonds is 3. The number of aryl methyl sites for hydroxylation is 1. The minimum absolute atomic E-state index is 0.0697. The number of ether oxygens (including phenoxy) is 2. The molecule has 1 aromatic rings. The molecule has 0 radical (unpaired) electrons. The first kappa shape index (κ1) is 15.2. The Labute approximate surface area is 120 Å². The van der Waals surface area contributed by atoms with Crippen molar-refractivity contribution in [3.05, 3.63) is 33.6 Å². The first-order valence-electron chi connectivity index (χ1n) is 6.32. The lowest BCUT2D eigenvalue weighted by molar-refractivity contribution is -0.384. The van der Waals surface area contributed by atoms with Crippen molar-refractivity contribution in [3.8, 4) is 0 Å². The number of morpholine rings is 1. The molecule has 114 valence electrons. The van der Waals surface area contributed by atoms with Gasteiger partial charge in [-0.25, -0.2) is 9.18 Å². The molecule has 0 saturated carbocycles. The lowest BCUT2D eigenvalue weighted by Crippen LogP contribution is -2.50. The molecule has 0 amide bonds. The average molecular weight is 298 g/mol. The summed E-state index contributed by atoms with van der Waals surface area (Å²) >= 11 is 0. The van der Waals surface area contributed by atoms with Crippen molar-refractivity contribution in [2.45, 2.75) is 13.0 Å². The van der Waals surface area contributed by atoms with Gasteiger partial charge in [0.05, 0.1) is 31.3 Å². The highest BCUT2D eigenvalue weighted by Crippen LogP contribution is 2.33. The van der Waals surface area contributed by atoms with Gasteiger partial charge in [-0.1, -0.05) is 0 Å². The van der Waals surface area contributed by atoms with Crippen molar-refractivity contribution >= 4 is 17.3 Å². The van der Waals surface area contributed by atoms with E-state index in [1.54, 1.807) is 0 Å². The summed E-state index contributed by atoms with van der Waals surface area (Å²) in [7, 11) is 1.24. The third-order valence-electron chi connectivity index (χ3n) is 3.36. The number of esters is 1. The van der Waals surface area contributed by atoms with Crippen molar-refractivity contribution in [1.82, 2.24) is 0 Å². The fraction of sp³-hybridized carbons (Fsp3) is 0.462. The third-order valence-corrected chi connectivity index (χ3v) is 3.36. The number of hydrogen-bond acceptors (Lipinski definition) is 6. The van der Waals surface area contributed by atoms with Gasteiger partial charge in [-0.15, -0.1) is 0 Å². The quantitative estimate of drug-likeness (QED) is 0.477. The van der Waals surface area contributed by atoms with Gasteiger partial charge < -0.3 is 14.4 Å². The van der Waals surface area contributed by atoms with Crippen LogP contribution in [0.25, 0.3) is 0 Å². The van der Waals surface area contributed by atoms with Crippen molar-refractivity contribution in [2.75, 3.05) is 31.8 Å². The molecule has 0 aromatic heterocycles. The van der Waals surface area contributed by atoms with Crippen LogP contribution in [0.4, 0.5) is 15.8 Å². The number of carbonyl (C=O) groups is 1. The van der Waals surface area contributed by atoms with Gasteiger partial charge in [0.25, 0.3) is 5.69 Å². The molecule has 0 aliphatic carbocycles. The summed E-state index contributed by atoms with van der Waals surface area (Å²) in [4.78, 5) is 23.8. The van der Waals surface area contributed by atoms with Gasteiger partial charge >= 0.3 is 5.97 Å². The van der Waals surface area contributed by atoms with Crippen LogP contribution in [0.1, 0.15) is 5.56 Å². The molecule has 1 saturated heterocycles. The Kier molecular flexibility index (Phi) is 4.37. The molecule has 8 heteroatoms. The monoisotopic (exact) mass is 298 g/mol. The maximum absolute atomic E-state index is 13.6. The van der Waals surface area contributed by atoms with Crippen LogP contribution in [0.2, 0.25) is 0 Å². The Bertz CT molecular complexity index is 578. The van der Waals surface area contributed by atoms with E-state index in [0.29, 0.717) is 6.61 Å². The molecule has 1 heterocycles. The van der Waals surface area contributed by atoms with Crippen LogP contribution in [0, 0.1) is 22.9 Å². The van der Waals surface area contributed by atoms with Crippen molar-refractivity contribution in [2.24, 2.45) is 0 Å². The van der Waals surface area contributed by atoms with E-state index in [0.717, 1.165) is 6.07 Å². The summed E-state index contributed by atoms with van der Waals surface area (Å²) in [6.07, 6.45) is 0. The largest absolute Gasteiger partial charge is 0.467 e. The highest BCUT2D eigenvalue weighted by molar-refractivity contribution is 5.82. The molecule has 1 aliphatic heterocycles. The second-order valence-electron chi connectivity index (χ2n) is 4.65. The second-order valence-corrected chi connectivity index (χ2v) is 4.65. The first-order valence-corrected chi connectivity index (χ1v) is 6.32. The van der Waals surface area contributed by atoms with Gasteiger partial charge in [-0.3, -0.25) is 10.1 Å². The molecule has 1 aliphatic rings. The van der Waals surface area contributed by atoms with Crippen LogP contribution in [0.3, 0.4) is 0 Å². The van der Waals surface area contributed by atoms with Crippen molar-refractivity contribution in [3.63, 3.8) is 0 Å². The molecule has 0 bridgehead atoms. The predicted octanol–water partition coefficient (Wildman–Crippen LogP) is 1.42. The van der Waals surface area contributed by atoms with Gasteiger partial charge in [0.1, 0.15) is 11.5 Å². The number of anilines is 1. The predicted molar refractivity (Wildman–Crippen MR) is 71.8 cm³/mol. The van der Waals surface area contributed by atoms with E-state index in [1.807, 2.05) is 0 Å². The molecule has 1 aromatic carbocycles. The Morgan fingerprint density at radius 2 is 2.29 bits per heavy atom. The number of carbonyl (C=O) groups excluding carboxylic acids is 1. The summed E-state index contributed by atoms with van der Waals surface area (Å²) in [6, 6.07) is 1.45. The fourth-order valence-corrected chi connectivity index (χ4v) is 2.26. The molecule has 1 atom stereocenters. The second kappa shape index (κ2) is 6.04. The highest BCUT2D eigenvalue weighted by Gasteiger charge is 2.34. The van der Waals surface area contributed by atoms with Crippen LogP contribution in [0.5, 0.6) is 0 Å². The van der Waals surface area contributed by atoms with Crippen LogP contribution in [-0.2, 0) is 14.3 Å². The summed E-state index contributed by atoms with van der Waals surface area (Å²) < 4.78 is 23.5. The third kappa shape index (κ3) is 2.94. The number of benzene rings is 1. The van der Waals surface area contributed by atoms with Gasteiger partial charge in [0.2, 0.25) is 0 Å². The van der Waals surface area contributed by atoms with E-state index in [4.69, 9.17) is 9.47 Å². The summed E-state index contributed by atoms with van der Waals surface area (Å²) in [6.45, 7) is 2.18.